The largest absolute Gasteiger partial charge is 0.317 e. The first kappa shape index (κ1) is 18.9. The quantitative estimate of drug-likeness (QED) is 0.506. The lowest BCUT2D eigenvalue weighted by molar-refractivity contribution is 0.215. The van der Waals surface area contributed by atoms with Crippen molar-refractivity contribution in [3.8, 4) is 0 Å². The Hall–Kier alpha value is -0.0800. The van der Waals surface area contributed by atoms with Crippen molar-refractivity contribution in [3.63, 3.8) is 0 Å². The Morgan fingerprint density at radius 2 is 1.37 bits per heavy atom. The minimum atomic E-state index is 0.789. The summed E-state index contributed by atoms with van der Waals surface area (Å²) < 4.78 is 0. The van der Waals surface area contributed by atoms with Crippen molar-refractivity contribution in [2.45, 2.75) is 66.7 Å². The van der Waals surface area contributed by atoms with E-state index in [4.69, 9.17) is 0 Å². The summed E-state index contributed by atoms with van der Waals surface area (Å²) in [6.07, 6.45) is 6.73. The van der Waals surface area contributed by atoms with Gasteiger partial charge in [0.05, 0.1) is 0 Å². The molecule has 1 N–H and O–H groups in total. The molecule has 0 aromatic rings. The first-order chi connectivity index (χ1) is 9.06. The Labute approximate surface area is 122 Å². The van der Waals surface area contributed by atoms with Gasteiger partial charge in [-0.1, -0.05) is 47.5 Å². The van der Waals surface area contributed by atoms with Gasteiger partial charge in [-0.05, 0) is 50.7 Å². The summed E-state index contributed by atoms with van der Waals surface area (Å²) in [4.78, 5) is 2.66. The molecule has 0 fully saturated rings. The molecule has 0 saturated heterocycles. The lowest BCUT2D eigenvalue weighted by atomic mass is 10.1. The van der Waals surface area contributed by atoms with E-state index < -0.39 is 0 Å². The number of nitrogens with one attached hydrogen (secondary N) is 1. The topological polar surface area (TPSA) is 15.3 Å². The molecule has 0 aliphatic rings. The summed E-state index contributed by atoms with van der Waals surface area (Å²) in [5.41, 5.74) is 0. The van der Waals surface area contributed by atoms with Crippen LogP contribution in [0.3, 0.4) is 0 Å². The van der Waals surface area contributed by atoms with Crippen molar-refractivity contribution < 1.29 is 0 Å². The van der Waals surface area contributed by atoms with Crippen molar-refractivity contribution in [1.29, 1.82) is 0 Å². The molecular weight excluding hydrogens is 232 g/mol. The van der Waals surface area contributed by atoms with Crippen LogP contribution < -0.4 is 5.32 Å². The van der Waals surface area contributed by atoms with Gasteiger partial charge >= 0.3 is 0 Å². The second-order valence-corrected chi connectivity index (χ2v) is 6.71. The smallest absolute Gasteiger partial charge is 0.000449 e. The van der Waals surface area contributed by atoms with Crippen molar-refractivity contribution in [2.75, 3.05) is 32.7 Å². The third-order valence-electron chi connectivity index (χ3n) is 3.25. The van der Waals surface area contributed by atoms with E-state index in [0.717, 1.165) is 11.8 Å². The molecule has 0 spiro atoms. The zero-order chi connectivity index (χ0) is 14.5. The molecule has 0 aliphatic carbocycles. The summed E-state index contributed by atoms with van der Waals surface area (Å²) in [6, 6.07) is 0. The van der Waals surface area contributed by atoms with Crippen LogP contribution in [-0.2, 0) is 0 Å². The maximum atomic E-state index is 3.48. The van der Waals surface area contributed by atoms with E-state index in [1.165, 1.54) is 64.8 Å². The molecule has 0 heterocycles. The first-order valence-electron chi connectivity index (χ1n) is 8.49. The molecular formula is C17H38N2. The third-order valence-corrected chi connectivity index (χ3v) is 3.25. The molecule has 19 heavy (non-hydrogen) atoms. The standard InChI is InChI=1S/C17H38N2/c1-6-11-18-12-9-7-8-10-13-19(14-16(2)3)15-17(4)5/h16-18H,6-15H2,1-5H3. The van der Waals surface area contributed by atoms with E-state index in [2.05, 4.69) is 44.8 Å². The maximum Gasteiger partial charge on any atom is 0.000449 e. The van der Waals surface area contributed by atoms with Gasteiger partial charge in [0.15, 0.2) is 0 Å². The number of hydrogen-bond donors (Lipinski definition) is 1. The zero-order valence-electron chi connectivity index (χ0n) is 14.2. The van der Waals surface area contributed by atoms with Crippen LogP contribution in [0, 0.1) is 11.8 Å². The number of rotatable bonds is 13. The molecule has 2 nitrogen and oxygen atoms in total. The van der Waals surface area contributed by atoms with Crippen LogP contribution in [-0.4, -0.2) is 37.6 Å². The molecule has 0 aromatic carbocycles. The molecule has 0 atom stereocenters. The molecule has 0 saturated carbocycles. The maximum absolute atomic E-state index is 3.48. The fourth-order valence-electron chi connectivity index (χ4n) is 2.53. The molecule has 0 aliphatic heterocycles. The lowest BCUT2D eigenvalue weighted by Crippen LogP contribution is -2.32. The van der Waals surface area contributed by atoms with E-state index in [9.17, 15) is 0 Å². The van der Waals surface area contributed by atoms with Crippen molar-refractivity contribution in [1.82, 2.24) is 10.2 Å². The molecule has 2 heteroatoms. The Balaban J connectivity index is 3.52. The van der Waals surface area contributed by atoms with Gasteiger partial charge in [-0.25, -0.2) is 0 Å². The Bertz CT molecular complexity index is 168. The van der Waals surface area contributed by atoms with Crippen LogP contribution in [0.1, 0.15) is 66.7 Å². The monoisotopic (exact) mass is 270 g/mol. The molecule has 0 radical (unpaired) electrons. The molecule has 0 unspecified atom stereocenters. The number of hydrogen-bond acceptors (Lipinski definition) is 2. The Morgan fingerprint density at radius 1 is 0.789 bits per heavy atom. The third kappa shape index (κ3) is 14.1. The van der Waals surface area contributed by atoms with E-state index in [1.54, 1.807) is 0 Å². The highest BCUT2D eigenvalue weighted by molar-refractivity contribution is 4.63. The lowest BCUT2D eigenvalue weighted by Gasteiger charge is -2.26. The van der Waals surface area contributed by atoms with Crippen LogP contribution in [0.15, 0.2) is 0 Å². The second-order valence-electron chi connectivity index (χ2n) is 6.71. The van der Waals surface area contributed by atoms with Gasteiger partial charge in [0, 0.05) is 13.1 Å². The van der Waals surface area contributed by atoms with Crippen molar-refractivity contribution in [3.05, 3.63) is 0 Å². The number of unbranched alkanes of at least 4 members (excludes halogenated alkanes) is 3. The highest BCUT2D eigenvalue weighted by Crippen LogP contribution is 2.07. The molecule has 0 aromatic heterocycles. The molecule has 0 rings (SSSR count). The predicted octanol–water partition coefficient (Wildman–Crippen LogP) is 4.16. The van der Waals surface area contributed by atoms with E-state index in [0.29, 0.717) is 0 Å². The van der Waals surface area contributed by atoms with Gasteiger partial charge in [-0.15, -0.1) is 0 Å². The fraction of sp³-hybridized carbons (Fsp3) is 1.00. The Morgan fingerprint density at radius 3 is 1.89 bits per heavy atom. The normalized spacial score (nSPS) is 12.0. The van der Waals surface area contributed by atoms with Crippen LogP contribution in [0.4, 0.5) is 0 Å². The summed E-state index contributed by atoms with van der Waals surface area (Å²) in [5, 5.41) is 3.48. The van der Waals surface area contributed by atoms with Crippen LogP contribution >= 0.6 is 0 Å². The molecule has 116 valence electrons. The van der Waals surface area contributed by atoms with Crippen molar-refractivity contribution >= 4 is 0 Å². The van der Waals surface area contributed by atoms with Crippen LogP contribution in [0.2, 0.25) is 0 Å². The average Bonchev–Trinajstić information content (AvgIpc) is 2.30. The van der Waals surface area contributed by atoms with Gasteiger partial charge in [-0.3, -0.25) is 0 Å². The summed E-state index contributed by atoms with van der Waals surface area (Å²) >= 11 is 0. The van der Waals surface area contributed by atoms with Crippen molar-refractivity contribution in [2.24, 2.45) is 11.8 Å². The highest BCUT2D eigenvalue weighted by atomic mass is 15.1. The molecule has 0 bridgehead atoms. The van der Waals surface area contributed by atoms with Gasteiger partial charge < -0.3 is 10.2 Å². The average molecular weight is 271 g/mol. The van der Waals surface area contributed by atoms with Crippen LogP contribution in [0.25, 0.3) is 0 Å². The van der Waals surface area contributed by atoms with Crippen LogP contribution in [0.5, 0.6) is 0 Å². The minimum absolute atomic E-state index is 0.789. The van der Waals surface area contributed by atoms with E-state index >= 15 is 0 Å². The highest BCUT2D eigenvalue weighted by Gasteiger charge is 2.08. The minimum Gasteiger partial charge on any atom is -0.317 e. The van der Waals surface area contributed by atoms with Gasteiger partial charge in [-0.2, -0.15) is 0 Å². The SMILES string of the molecule is CCCNCCCCCCN(CC(C)C)CC(C)C. The fourth-order valence-corrected chi connectivity index (χ4v) is 2.53. The molecule has 0 amide bonds. The van der Waals surface area contributed by atoms with E-state index in [-0.39, 0.29) is 0 Å². The number of nitrogens with zero attached hydrogens (tertiary/aromatic N) is 1. The summed E-state index contributed by atoms with van der Waals surface area (Å²) in [7, 11) is 0. The predicted molar refractivity (Wildman–Crippen MR) is 87.7 cm³/mol. The second kappa shape index (κ2) is 12.9. The van der Waals surface area contributed by atoms with Gasteiger partial charge in [0.25, 0.3) is 0 Å². The van der Waals surface area contributed by atoms with Gasteiger partial charge in [0.2, 0.25) is 0 Å². The van der Waals surface area contributed by atoms with E-state index in [1.807, 2.05) is 0 Å². The summed E-state index contributed by atoms with van der Waals surface area (Å²) in [5.74, 6) is 1.58. The van der Waals surface area contributed by atoms with Gasteiger partial charge in [0.1, 0.15) is 0 Å². The Kier molecular flexibility index (Phi) is 12.9. The first-order valence-corrected chi connectivity index (χ1v) is 8.49. The zero-order valence-corrected chi connectivity index (χ0v) is 14.2. The summed E-state index contributed by atoms with van der Waals surface area (Å²) in [6.45, 7) is 17.7.